The molecule has 0 bridgehead atoms. The van der Waals surface area contributed by atoms with E-state index in [4.69, 9.17) is 5.73 Å². The number of hydrogen-bond acceptors (Lipinski definition) is 1. The van der Waals surface area contributed by atoms with Crippen molar-refractivity contribution in [3.63, 3.8) is 0 Å². The number of hydrogen-bond donors (Lipinski definition) is 1. The molecule has 0 atom stereocenters. The van der Waals surface area contributed by atoms with E-state index in [9.17, 15) is 13.2 Å². The number of rotatable bonds is 1. The second-order valence-electron chi connectivity index (χ2n) is 3.45. The monoisotopic (exact) mass is 301 g/mol. The molecule has 1 nitrogen and oxygen atoms in total. The highest BCUT2D eigenvalue weighted by Crippen LogP contribution is 2.31. The van der Waals surface area contributed by atoms with E-state index in [1.165, 1.54) is 18.2 Å². The fourth-order valence-electron chi connectivity index (χ4n) is 1.48. The summed E-state index contributed by atoms with van der Waals surface area (Å²) in [6.45, 7) is 0. The molecule has 5 heteroatoms. The Morgan fingerprint density at radius 1 is 0.941 bits per heavy atom. The van der Waals surface area contributed by atoms with Gasteiger partial charge in [0.25, 0.3) is 0 Å². The summed E-state index contributed by atoms with van der Waals surface area (Å²) in [5.41, 5.74) is 4.74. The topological polar surface area (TPSA) is 26.0 Å². The minimum Gasteiger partial charge on any atom is -0.396 e. The zero-order valence-electron chi connectivity index (χ0n) is 8.48. The van der Waals surface area contributed by atoms with Crippen LogP contribution in [0.5, 0.6) is 0 Å². The predicted molar refractivity (Wildman–Crippen MR) is 63.9 cm³/mol. The molecule has 0 unspecified atom stereocenters. The lowest BCUT2D eigenvalue weighted by Gasteiger charge is -2.07. The van der Waals surface area contributed by atoms with Crippen LogP contribution in [0, 0.1) is 17.5 Å². The maximum absolute atomic E-state index is 13.7. The molecule has 88 valence electrons. The van der Waals surface area contributed by atoms with Crippen LogP contribution in [0.25, 0.3) is 11.1 Å². The first-order valence-electron chi connectivity index (χ1n) is 4.69. The van der Waals surface area contributed by atoms with Gasteiger partial charge in [0.05, 0.1) is 10.2 Å². The van der Waals surface area contributed by atoms with Gasteiger partial charge < -0.3 is 5.73 Å². The third-order valence-corrected chi connectivity index (χ3v) is 2.94. The lowest BCUT2D eigenvalue weighted by molar-refractivity contribution is 0.599. The number of anilines is 1. The van der Waals surface area contributed by atoms with Gasteiger partial charge in [-0.3, -0.25) is 0 Å². The molecular weight excluding hydrogens is 295 g/mol. The molecule has 0 spiro atoms. The normalized spacial score (nSPS) is 10.6. The molecule has 0 saturated carbocycles. The second kappa shape index (κ2) is 4.41. The molecule has 0 fully saturated rings. The van der Waals surface area contributed by atoms with Crippen LogP contribution < -0.4 is 5.73 Å². The standard InChI is InChI=1S/C12H7BrF3N/c13-8-3-1-2-6(12(8)16)7-4-10(15)11(17)5-9(7)14/h1-5H,17H2. The second-order valence-corrected chi connectivity index (χ2v) is 4.31. The van der Waals surface area contributed by atoms with E-state index in [0.29, 0.717) is 0 Å². The Morgan fingerprint density at radius 3 is 2.35 bits per heavy atom. The van der Waals surface area contributed by atoms with E-state index >= 15 is 0 Å². The smallest absolute Gasteiger partial charge is 0.146 e. The molecule has 0 aliphatic heterocycles. The minimum absolute atomic E-state index is 0.0178. The summed E-state index contributed by atoms with van der Waals surface area (Å²) in [6, 6.07) is 6.11. The molecule has 0 amide bonds. The van der Waals surface area contributed by atoms with Crippen LogP contribution in [0.3, 0.4) is 0 Å². The Bertz CT molecular complexity index is 584. The van der Waals surface area contributed by atoms with E-state index in [-0.39, 0.29) is 21.3 Å². The first-order valence-corrected chi connectivity index (χ1v) is 5.49. The Balaban J connectivity index is 2.69. The number of nitrogen functional groups attached to an aromatic ring is 1. The largest absolute Gasteiger partial charge is 0.396 e. The van der Waals surface area contributed by atoms with Crippen LogP contribution >= 0.6 is 15.9 Å². The average Bonchev–Trinajstić information content (AvgIpc) is 2.28. The molecule has 0 saturated heterocycles. The summed E-state index contributed by atoms with van der Waals surface area (Å²) in [4.78, 5) is 0. The SMILES string of the molecule is Nc1cc(F)c(-c2cccc(Br)c2F)cc1F. The van der Waals surface area contributed by atoms with Crippen LogP contribution in [0.4, 0.5) is 18.9 Å². The Labute approximate surface area is 104 Å². The Kier molecular flexibility index (Phi) is 3.11. The third-order valence-electron chi connectivity index (χ3n) is 2.33. The first kappa shape index (κ1) is 12.0. The summed E-state index contributed by atoms with van der Waals surface area (Å²) in [7, 11) is 0. The minimum atomic E-state index is -0.777. The molecular formula is C12H7BrF3N. The summed E-state index contributed by atoms with van der Waals surface area (Å²) >= 11 is 2.98. The van der Waals surface area contributed by atoms with Gasteiger partial charge in [-0.15, -0.1) is 0 Å². The average molecular weight is 302 g/mol. The van der Waals surface area contributed by atoms with E-state index in [0.717, 1.165) is 12.1 Å². The van der Waals surface area contributed by atoms with Crippen molar-refractivity contribution in [3.05, 3.63) is 52.3 Å². The van der Waals surface area contributed by atoms with Crippen molar-refractivity contribution in [1.29, 1.82) is 0 Å². The summed E-state index contributed by atoms with van der Waals surface area (Å²) < 4.78 is 40.8. The molecule has 2 aromatic carbocycles. The van der Waals surface area contributed by atoms with E-state index in [2.05, 4.69) is 15.9 Å². The molecule has 17 heavy (non-hydrogen) atoms. The molecule has 0 heterocycles. The number of benzene rings is 2. The zero-order chi connectivity index (χ0) is 12.6. The van der Waals surface area contributed by atoms with Gasteiger partial charge in [-0.25, -0.2) is 13.2 Å². The van der Waals surface area contributed by atoms with Crippen LogP contribution in [-0.2, 0) is 0 Å². The number of nitrogens with two attached hydrogens (primary N) is 1. The van der Waals surface area contributed by atoms with Crippen LogP contribution in [0.2, 0.25) is 0 Å². The summed E-state index contributed by atoms with van der Waals surface area (Å²) in [5, 5.41) is 0. The molecule has 0 radical (unpaired) electrons. The van der Waals surface area contributed by atoms with E-state index < -0.39 is 17.5 Å². The van der Waals surface area contributed by atoms with Gasteiger partial charge in [0.2, 0.25) is 0 Å². The highest BCUT2D eigenvalue weighted by atomic mass is 79.9. The van der Waals surface area contributed by atoms with Gasteiger partial charge in [0.1, 0.15) is 17.5 Å². The maximum Gasteiger partial charge on any atom is 0.146 e. The van der Waals surface area contributed by atoms with Crippen LogP contribution in [0.1, 0.15) is 0 Å². The van der Waals surface area contributed by atoms with Gasteiger partial charge in [-0.05, 0) is 28.1 Å². The fourth-order valence-corrected chi connectivity index (χ4v) is 1.85. The van der Waals surface area contributed by atoms with Crippen molar-refractivity contribution in [2.75, 3.05) is 5.73 Å². The van der Waals surface area contributed by atoms with Crippen molar-refractivity contribution < 1.29 is 13.2 Å². The van der Waals surface area contributed by atoms with Crippen LogP contribution in [0.15, 0.2) is 34.8 Å². The molecule has 0 aliphatic carbocycles. The van der Waals surface area contributed by atoms with Crippen molar-refractivity contribution in [1.82, 2.24) is 0 Å². The van der Waals surface area contributed by atoms with Crippen molar-refractivity contribution >= 4 is 21.6 Å². The first-order chi connectivity index (χ1) is 8.00. The lowest BCUT2D eigenvalue weighted by Crippen LogP contribution is -1.96. The van der Waals surface area contributed by atoms with E-state index in [1.807, 2.05) is 0 Å². The zero-order valence-corrected chi connectivity index (χ0v) is 10.1. The summed E-state index contributed by atoms with van der Waals surface area (Å²) in [6.07, 6.45) is 0. The Morgan fingerprint density at radius 2 is 1.65 bits per heavy atom. The summed E-state index contributed by atoms with van der Waals surface area (Å²) in [5.74, 6) is -2.18. The van der Waals surface area contributed by atoms with Gasteiger partial charge in [-0.1, -0.05) is 12.1 Å². The van der Waals surface area contributed by atoms with Crippen molar-refractivity contribution in [2.24, 2.45) is 0 Å². The molecule has 0 aliphatic rings. The molecule has 2 rings (SSSR count). The van der Waals surface area contributed by atoms with Gasteiger partial charge in [0, 0.05) is 17.2 Å². The Hall–Kier alpha value is -1.49. The lowest BCUT2D eigenvalue weighted by atomic mass is 10.0. The molecule has 0 aromatic heterocycles. The van der Waals surface area contributed by atoms with Crippen molar-refractivity contribution in [3.8, 4) is 11.1 Å². The van der Waals surface area contributed by atoms with Crippen LogP contribution in [-0.4, -0.2) is 0 Å². The predicted octanol–water partition coefficient (Wildman–Crippen LogP) is 4.12. The quantitative estimate of drug-likeness (QED) is 0.788. The molecule has 2 aromatic rings. The fraction of sp³-hybridized carbons (Fsp3) is 0. The van der Waals surface area contributed by atoms with Gasteiger partial charge >= 0.3 is 0 Å². The van der Waals surface area contributed by atoms with Gasteiger partial charge in [-0.2, -0.15) is 0 Å². The molecule has 2 N–H and O–H groups in total. The highest BCUT2D eigenvalue weighted by molar-refractivity contribution is 9.10. The number of halogens is 4. The van der Waals surface area contributed by atoms with E-state index in [1.54, 1.807) is 0 Å². The third kappa shape index (κ3) is 2.15. The van der Waals surface area contributed by atoms with Gasteiger partial charge in [0.15, 0.2) is 0 Å². The van der Waals surface area contributed by atoms with Crippen molar-refractivity contribution in [2.45, 2.75) is 0 Å². The highest BCUT2D eigenvalue weighted by Gasteiger charge is 2.14. The maximum atomic E-state index is 13.7.